The Labute approximate surface area is 167 Å². The third-order valence-electron chi connectivity index (χ3n) is 5.11. The summed E-state index contributed by atoms with van der Waals surface area (Å²) in [6, 6.07) is 9.96. The quantitative estimate of drug-likeness (QED) is 0.523. The number of hydrogen-bond acceptors (Lipinski definition) is 6. The van der Waals surface area contributed by atoms with Crippen LogP contribution in [0.4, 0.5) is 0 Å². The second-order valence-corrected chi connectivity index (χ2v) is 8.86. The summed E-state index contributed by atoms with van der Waals surface area (Å²) in [6.45, 7) is 12.7. The van der Waals surface area contributed by atoms with Crippen LogP contribution in [-0.4, -0.2) is 41.5 Å². The molecular formula is C22H33NO5. The van der Waals surface area contributed by atoms with Gasteiger partial charge in [0.05, 0.1) is 24.9 Å². The van der Waals surface area contributed by atoms with Crippen LogP contribution in [0.2, 0.25) is 0 Å². The summed E-state index contributed by atoms with van der Waals surface area (Å²) in [6.07, 6.45) is 1.47. The van der Waals surface area contributed by atoms with E-state index in [9.17, 15) is 5.11 Å². The summed E-state index contributed by atoms with van der Waals surface area (Å²) >= 11 is 0. The molecule has 2 aliphatic heterocycles. The van der Waals surface area contributed by atoms with Gasteiger partial charge in [-0.15, -0.1) is 0 Å². The molecule has 3 rings (SSSR count). The molecule has 0 radical (unpaired) electrons. The standard InChI is InChI=1S/C22H33NO5/c1-16(25-13-17-9-7-6-8-10-17)23-15-22-18(12-20(2,3)28-22)11-19(14-26-22)27-21(4,5)24/h6-10,18-19,23-24H,1,11-15H2,2-5H3/t18?,19-,22-/m0/s1. The lowest BCUT2D eigenvalue weighted by Gasteiger charge is -2.42. The molecule has 6 nitrogen and oxygen atoms in total. The Hall–Kier alpha value is -1.60. The fraction of sp³-hybridized carbons (Fsp3) is 0.636. The molecule has 0 saturated carbocycles. The highest BCUT2D eigenvalue weighted by Crippen LogP contribution is 2.48. The molecule has 2 fully saturated rings. The van der Waals surface area contributed by atoms with Crippen LogP contribution >= 0.6 is 0 Å². The maximum Gasteiger partial charge on any atom is 0.189 e. The van der Waals surface area contributed by atoms with Crippen molar-refractivity contribution in [3.63, 3.8) is 0 Å². The Morgan fingerprint density at radius 1 is 1.32 bits per heavy atom. The smallest absolute Gasteiger partial charge is 0.189 e. The van der Waals surface area contributed by atoms with Gasteiger partial charge in [-0.3, -0.25) is 0 Å². The lowest BCUT2D eigenvalue weighted by Crippen LogP contribution is -2.54. The Bertz CT molecular complexity index is 669. The largest absolute Gasteiger partial charge is 0.475 e. The van der Waals surface area contributed by atoms with Gasteiger partial charge in [-0.25, -0.2) is 0 Å². The van der Waals surface area contributed by atoms with Crippen LogP contribution in [0.5, 0.6) is 0 Å². The van der Waals surface area contributed by atoms with E-state index in [4.69, 9.17) is 18.9 Å². The summed E-state index contributed by atoms with van der Waals surface area (Å²) < 4.78 is 24.0. The van der Waals surface area contributed by atoms with Gasteiger partial charge in [0.2, 0.25) is 0 Å². The molecule has 2 aliphatic rings. The Kier molecular flexibility index (Phi) is 6.05. The minimum Gasteiger partial charge on any atom is -0.475 e. The van der Waals surface area contributed by atoms with E-state index < -0.39 is 11.6 Å². The van der Waals surface area contributed by atoms with Gasteiger partial charge in [0.25, 0.3) is 0 Å². The zero-order valence-corrected chi connectivity index (χ0v) is 17.4. The van der Waals surface area contributed by atoms with Crippen molar-refractivity contribution in [2.24, 2.45) is 5.92 Å². The predicted octanol–water partition coefficient (Wildman–Crippen LogP) is 3.31. The van der Waals surface area contributed by atoms with Crippen LogP contribution in [0, 0.1) is 5.92 Å². The summed E-state index contributed by atoms with van der Waals surface area (Å²) in [4.78, 5) is 0. The predicted molar refractivity (Wildman–Crippen MR) is 106 cm³/mol. The van der Waals surface area contributed by atoms with E-state index in [2.05, 4.69) is 25.7 Å². The van der Waals surface area contributed by atoms with Crippen molar-refractivity contribution in [3.8, 4) is 0 Å². The molecule has 0 spiro atoms. The summed E-state index contributed by atoms with van der Waals surface area (Å²) in [7, 11) is 0. The first-order valence-electron chi connectivity index (χ1n) is 9.91. The summed E-state index contributed by atoms with van der Waals surface area (Å²) in [5.74, 6) is -1.29. The molecule has 3 atom stereocenters. The maximum absolute atomic E-state index is 9.96. The van der Waals surface area contributed by atoms with Crippen LogP contribution in [-0.2, 0) is 25.6 Å². The number of hydrogen-bond donors (Lipinski definition) is 2. The van der Waals surface area contributed by atoms with Gasteiger partial charge in [-0.1, -0.05) is 30.3 Å². The first-order valence-corrected chi connectivity index (χ1v) is 9.91. The van der Waals surface area contributed by atoms with Crippen LogP contribution in [0.15, 0.2) is 42.8 Å². The lowest BCUT2D eigenvalue weighted by molar-refractivity contribution is -0.309. The average Bonchev–Trinajstić information content (AvgIpc) is 2.87. The first-order chi connectivity index (χ1) is 13.1. The Balaban J connectivity index is 1.57. The Morgan fingerprint density at radius 3 is 2.71 bits per heavy atom. The maximum atomic E-state index is 9.96. The van der Waals surface area contributed by atoms with Gasteiger partial charge in [-0.05, 0) is 52.7 Å². The van der Waals surface area contributed by atoms with Crippen molar-refractivity contribution < 1.29 is 24.1 Å². The number of fused-ring (bicyclic) bond motifs is 1. The normalized spacial score (nSPS) is 29.2. The van der Waals surface area contributed by atoms with E-state index in [-0.39, 0.29) is 17.6 Å². The van der Waals surface area contributed by atoms with Crippen molar-refractivity contribution in [3.05, 3.63) is 48.4 Å². The molecule has 0 aliphatic carbocycles. The molecule has 0 amide bonds. The van der Waals surface area contributed by atoms with Crippen LogP contribution in [0.3, 0.4) is 0 Å². The Morgan fingerprint density at radius 2 is 2.04 bits per heavy atom. The van der Waals surface area contributed by atoms with Gasteiger partial charge in [0, 0.05) is 5.92 Å². The SMILES string of the molecule is C=C(NC[C@@]12OC[C@@H](OC(C)(C)O)CC1CC(C)(C)O2)OCc1ccccc1. The van der Waals surface area contributed by atoms with E-state index in [1.807, 2.05) is 30.3 Å². The highest BCUT2D eigenvalue weighted by atomic mass is 16.7. The number of aliphatic hydroxyl groups is 1. The fourth-order valence-corrected chi connectivity index (χ4v) is 4.11. The second-order valence-electron chi connectivity index (χ2n) is 8.86. The minimum absolute atomic E-state index is 0.151. The topological polar surface area (TPSA) is 69.2 Å². The highest BCUT2D eigenvalue weighted by molar-refractivity contribution is 5.13. The van der Waals surface area contributed by atoms with Crippen molar-refractivity contribution in [2.75, 3.05) is 13.2 Å². The van der Waals surface area contributed by atoms with E-state index in [0.717, 1.165) is 18.4 Å². The second kappa shape index (κ2) is 8.03. The zero-order valence-electron chi connectivity index (χ0n) is 17.4. The third-order valence-corrected chi connectivity index (χ3v) is 5.11. The van der Waals surface area contributed by atoms with Gasteiger partial charge < -0.3 is 29.4 Å². The minimum atomic E-state index is -1.18. The molecule has 6 heteroatoms. The molecule has 1 unspecified atom stereocenters. The molecule has 2 saturated heterocycles. The van der Waals surface area contributed by atoms with Gasteiger partial charge in [-0.2, -0.15) is 0 Å². The van der Waals surface area contributed by atoms with Crippen molar-refractivity contribution in [2.45, 2.75) is 70.4 Å². The molecule has 0 bridgehead atoms. The molecule has 28 heavy (non-hydrogen) atoms. The zero-order chi connectivity index (χ0) is 20.4. The first kappa shape index (κ1) is 21.1. The summed E-state index contributed by atoms with van der Waals surface area (Å²) in [5, 5.41) is 13.2. The molecule has 156 valence electrons. The van der Waals surface area contributed by atoms with Gasteiger partial charge in [0.15, 0.2) is 17.5 Å². The van der Waals surface area contributed by atoms with Gasteiger partial charge in [0.1, 0.15) is 6.61 Å². The lowest BCUT2D eigenvalue weighted by atomic mass is 9.85. The molecule has 0 aromatic heterocycles. The molecule has 1 aromatic carbocycles. The van der Waals surface area contributed by atoms with E-state index >= 15 is 0 Å². The molecule has 2 heterocycles. The highest BCUT2D eigenvalue weighted by Gasteiger charge is 2.56. The molecule has 2 N–H and O–H groups in total. The van der Waals surface area contributed by atoms with Crippen molar-refractivity contribution in [1.29, 1.82) is 0 Å². The number of benzene rings is 1. The van der Waals surface area contributed by atoms with Crippen LogP contribution in [0.25, 0.3) is 0 Å². The van der Waals surface area contributed by atoms with Crippen molar-refractivity contribution in [1.82, 2.24) is 5.32 Å². The molecule has 1 aromatic rings. The van der Waals surface area contributed by atoms with E-state index in [1.54, 1.807) is 13.8 Å². The fourth-order valence-electron chi connectivity index (χ4n) is 4.11. The summed E-state index contributed by atoms with van der Waals surface area (Å²) in [5.41, 5.74) is 0.794. The monoisotopic (exact) mass is 391 g/mol. The van der Waals surface area contributed by atoms with Crippen LogP contribution in [0.1, 0.15) is 46.1 Å². The third kappa shape index (κ3) is 5.47. The number of rotatable bonds is 8. The number of nitrogens with one attached hydrogen (secondary N) is 1. The van der Waals surface area contributed by atoms with Crippen molar-refractivity contribution >= 4 is 0 Å². The molecular weight excluding hydrogens is 358 g/mol. The van der Waals surface area contributed by atoms with E-state index in [0.29, 0.717) is 25.6 Å². The van der Waals surface area contributed by atoms with E-state index in [1.165, 1.54) is 0 Å². The average molecular weight is 392 g/mol. The van der Waals surface area contributed by atoms with Gasteiger partial charge >= 0.3 is 0 Å². The van der Waals surface area contributed by atoms with Crippen LogP contribution < -0.4 is 5.32 Å². The number of ether oxygens (including phenoxy) is 4.